The van der Waals surface area contributed by atoms with E-state index in [0.717, 1.165) is 24.9 Å². The molecule has 0 aliphatic carbocycles. The molecule has 18 heavy (non-hydrogen) atoms. The zero-order valence-corrected chi connectivity index (χ0v) is 11.8. The molecule has 0 saturated carbocycles. The Morgan fingerprint density at radius 3 is 2.44 bits per heavy atom. The Kier molecular flexibility index (Phi) is 4.22. The summed E-state index contributed by atoms with van der Waals surface area (Å²) in [6.07, 6.45) is 2.45. The van der Waals surface area contributed by atoms with Crippen LogP contribution >= 0.6 is 0 Å². The fourth-order valence-corrected chi connectivity index (χ4v) is 2.66. The van der Waals surface area contributed by atoms with Gasteiger partial charge in [0.2, 0.25) is 5.89 Å². The highest BCUT2D eigenvalue weighted by atomic mass is 16.5. The van der Waals surface area contributed by atoms with Gasteiger partial charge in [0.1, 0.15) is 0 Å². The average molecular weight is 252 g/mol. The Hall–Kier alpha value is -1.10. The van der Waals surface area contributed by atoms with Crippen molar-refractivity contribution in [3.63, 3.8) is 0 Å². The number of hydrogen-bond donors (Lipinski definition) is 1. The van der Waals surface area contributed by atoms with Crippen LogP contribution in [0.2, 0.25) is 0 Å². The third kappa shape index (κ3) is 2.66. The van der Waals surface area contributed by atoms with Crippen molar-refractivity contribution < 1.29 is 4.52 Å². The number of rotatable bonds is 5. The molecule has 5 nitrogen and oxygen atoms in total. The summed E-state index contributed by atoms with van der Waals surface area (Å²) in [5, 5.41) is 7.41. The van der Waals surface area contributed by atoms with Crippen LogP contribution < -0.4 is 10.2 Å². The van der Waals surface area contributed by atoms with Crippen LogP contribution in [0.25, 0.3) is 0 Å². The lowest BCUT2D eigenvalue weighted by molar-refractivity contribution is 0.285. The van der Waals surface area contributed by atoms with Gasteiger partial charge in [0, 0.05) is 19.1 Å². The Morgan fingerprint density at radius 2 is 1.89 bits per heavy atom. The molecule has 0 spiro atoms. The second-order valence-corrected chi connectivity index (χ2v) is 5.47. The lowest BCUT2D eigenvalue weighted by atomic mass is 9.89. The van der Waals surface area contributed by atoms with E-state index in [1.54, 1.807) is 0 Å². The summed E-state index contributed by atoms with van der Waals surface area (Å²) in [6.45, 7) is 8.64. The Balaban J connectivity index is 2.15. The summed E-state index contributed by atoms with van der Waals surface area (Å²) in [6, 6.07) is 0.330. The largest absolute Gasteiger partial charge is 0.338 e. The van der Waals surface area contributed by atoms with Crippen LogP contribution in [0.4, 0.5) is 5.95 Å². The number of nitrogens with zero attached hydrogens (tertiary/aromatic N) is 3. The molecule has 1 aliphatic rings. The van der Waals surface area contributed by atoms with Gasteiger partial charge in [0.05, 0.1) is 5.92 Å². The first kappa shape index (κ1) is 13.3. The Bertz CT molecular complexity index is 371. The molecule has 1 aliphatic heterocycles. The maximum atomic E-state index is 5.48. The van der Waals surface area contributed by atoms with Crippen molar-refractivity contribution in [1.29, 1.82) is 0 Å². The minimum Gasteiger partial charge on any atom is -0.338 e. The quantitative estimate of drug-likeness (QED) is 0.869. The molecule has 1 aromatic rings. The van der Waals surface area contributed by atoms with E-state index in [1.807, 2.05) is 7.05 Å². The maximum absolute atomic E-state index is 5.48. The number of nitrogens with one attached hydrogen (secondary N) is 1. The average Bonchev–Trinajstić information content (AvgIpc) is 2.98. The van der Waals surface area contributed by atoms with Gasteiger partial charge in [-0.15, -0.1) is 0 Å². The minimum atomic E-state index is 0.263. The molecule has 2 atom stereocenters. The van der Waals surface area contributed by atoms with Gasteiger partial charge in [0.25, 0.3) is 5.95 Å². The van der Waals surface area contributed by atoms with Crippen LogP contribution in [0, 0.1) is 5.92 Å². The van der Waals surface area contributed by atoms with Crippen LogP contribution in [-0.4, -0.2) is 36.3 Å². The lowest BCUT2D eigenvalue weighted by Crippen LogP contribution is -2.32. The standard InChI is InChI=1S/C13H24N4O/c1-9(2)11(10(3)14-4)12-15-13(16-18-12)17-7-5-6-8-17/h9-11,14H,5-8H2,1-4H3. The van der Waals surface area contributed by atoms with Gasteiger partial charge in [-0.25, -0.2) is 0 Å². The van der Waals surface area contributed by atoms with Crippen LogP contribution in [0.15, 0.2) is 4.52 Å². The van der Waals surface area contributed by atoms with Crippen molar-refractivity contribution in [2.45, 2.75) is 45.6 Å². The smallest absolute Gasteiger partial charge is 0.266 e. The Morgan fingerprint density at radius 1 is 1.22 bits per heavy atom. The van der Waals surface area contributed by atoms with E-state index < -0.39 is 0 Å². The highest BCUT2D eigenvalue weighted by Gasteiger charge is 2.28. The molecular formula is C13H24N4O. The molecule has 0 aromatic carbocycles. The molecule has 5 heteroatoms. The maximum Gasteiger partial charge on any atom is 0.266 e. The molecule has 1 saturated heterocycles. The van der Waals surface area contributed by atoms with Gasteiger partial charge in [-0.2, -0.15) is 4.98 Å². The van der Waals surface area contributed by atoms with Gasteiger partial charge in [0.15, 0.2) is 0 Å². The minimum absolute atomic E-state index is 0.263. The van der Waals surface area contributed by atoms with E-state index in [1.165, 1.54) is 12.8 Å². The molecule has 0 radical (unpaired) electrons. The zero-order valence-electron chi connectivity index (χ0n) is 11.8. The van der Waals surface area contributed by atoms with Gasteiger partial charge < -0.3 is 14.7 Å². The summed E-state index contributed by atoms with van der Waals surface area (Å²) in [4.78, 5) is 6.79. The molecule has 2 unspecified atom stereocenters. The third-order valence-electron chi connectivity index (χ3n) is 3.82. The van der Waals surface area contributed by atoms with E-state index in [0.29, 0.717) is 12.0 Å². The van der Waals surface area contributed by atoms with Crippen LogP contribution in [0.5, 0.6) is 0 Å². The van der Waals surface area contributed by atoms with Gasteiger partial charge in [-0.3, -0.25) is 0 Å². The summed E-state index contributed by atoms with van der Waals surface area (Å²) >= 11 is 0. The van der Waals surface area contributed by atoms with Crippen molar-refractivity contribution in [2.24, 2.45) is 5.92 Å². The summed E-state index contributed by atoms with van der Waals surface area (Å²) < 4.78 is 5.48. The summed E-state index contributed by atoms with van der Waals surface area (Å²) in [5.74, 6) is 2.25. The lowest BCUT2D eigenvalue weighted by Gasteiger charge is -2.23. The topological polar surface area (TPSA) is 54.2 Å². The number of anilines is 1. The number of aromatic nitrogens is 2. The zero-order chi connectivity index (χ0) is 13.1. The van der Waals surface area contributed by atoms with Crippen molar-refractivity contribution in [3.8, 4) is 0 Å². The first-order chi connectivity index (χ1) is 8.63. The fraction of sp³-hybridized carbons (Fsp3) is 0.846. The molecule has 1 aromatic heterocycles. The molecular weight excluding hydrogens is 228 g/mol. The van der Waals surface area contributed by atoms with E-state index in [-0.39, 0.29) is 5.92 Å². The molecule has 0 bridgehead atoms. The van der Waals surface area contributed by atoms with Crippen LogP contribution in [0.1, 0.15) is 45.4 Å². The van der Waals surface area contributed by atoms with E-state index in [4.69, 9.17) is 4.52 Å². The number of likely N-dealkylation sites (N-methyl/N-ethyl adjacent to an activating group) is 1. The first-order valence-corrected chi connectivity index (χ1v) is 6.89. The summed E-state index contributed by atoms with van der Waals surface area (Å²) in [5.41, 5.74) is 0. The molecule has 1 N–H and O–H groups in total. The van der Waals surface area contributed by atoms with Gasteiger partial charge >= 0.3 is 0 Å². The molecule has 102 valence electrons. The monoisotopic (exact) mass is 252 g/mol. The normalized spacial score (nSPS) is 19.5. The second-order valence-electron chi connectivity index (χ2n) is 5.47. The third-order valence-corrected chi connectivity index (χ3v) is 3.82. The number of hydrogen-bond acceptors (Lipinski definition) is 5. The predicted octanol–water partition coefficient (Wildman–Crippen LogP) is 2.02. The van der Waals surface area contributed by atoms with Gasteiger partial charge in [-0.05, 0) is 37.9 Å². The molecule has 2 rings (SSSR count). The van der Waals surface area contributed by atoms with Crippen molar-refractivity contribution >= 4 is 5.95 Å². The fourth-order valence-electron chi connectivity index (χ4n) is 2.66. The Labute approximate surface area is 109 Å². The second kappa shape index (κ2) is 5.69. The van der Waals surface area contributed by atoms with Gasteiger partial charge in [-0.1, -0.05) is 13.8 Å². The van der Waals surface area contributed by atoms with Crippen LogP contribution in [0.3, 0.4) is 0 Å². The van der Waals surface area contributed by atoms with E-state index in [2.05, 4.69) is 41.1 Å². The first-order valence-electron chi connectivity index (χ1n) is 6.89. The van der Waals surface area contributed by atoms with E-state index >= 15 is 0 Å². The molecule has 0 amide bonds. The van der Waals surface area contributed by atoms with Crippen molar-refractivity contribution in [1.82, 2.24) is 15.5 Å². The highest BCUT2D eigenvalue weighted by Crippen LogP contribution is 2.28. The highest BCUT2D eigenvalue weighted by molar-refractivity contribution is 5.29. The molecule has 2 heterocycles. The molecule has 1 fully saturated rings. The van der Waals surface area contributed by atoms with E-state index in [9.17, 15) is 0 Å². The van der Waals surface area contributed by atoms with Crippen LogP contribution in [-0.2, 0) is 0 Å². The van der Waals surface area contributed by atoms with Crippen molar-refractivity contribution in [3.05, 3.63) is 5.89 Å². The predicted molar refractivity (Wildman–Crippen MR) is 71.8 cm³/mol. The summed E-state index contributed by atoms with van der Waals surface area (Å²) in [7, 11) is 1.97. The SMILES string of the molecule is CNC(C)C(c1nc(N2CCCC2)no1)C(C)C. The van der Waals surface area contributed by atoms with Crippen molar-refractivity contribution in [2.75, 3.05) is 25.0 Å².